The van der Waals surface area contributed by atoms with Gasteiger partial charge < -0.3 is 15.2 Å². The molecule has 2 N–H and O–H groups in total. The maximum Gasteiger partial charge on any atom is 0.338 e. The number of likely N-dealkylation sites (tertiary alicyclic amines) is 1. The van der Waals surface area contributed by atoms with Crippen molar-refractivity contribution in [1.82, 2.24) is 4.90 Å². The Labute approximate surface area is 172 Å². The molecule has 6 heteroatoms. The highest BCUT2D eigenvalue weighted by molar-refractivity contribution is 5.92. The fraction of sp³-hybridized carbons (Fsp3) is 0.478. The van der Waals surface area contributed by atoms with E-state index >= 15 is 0 Å². The molecule has 29 heavy (non-hydrogen) atoms. The number of benzene rings is 1. The van der Waals surface area contributed by atoms with E-state index in [1.807, 2.05) is 12.1 Å². The number of nitriles is 1. The number of esters is 1. The van der Waals surface area contributed by atoms with Gasteiger partial charge in [-0.3, -0.25) is 4.90 Å². The molecule has 0 aliphatic carbocycles. The van der Waals surface area contributed by atoms with Crippen LogP contribution in [0.25, 0.3) is 0 Å². The number of allylic oxidation sites excluding steroid dienone is 2. The average molecular weight is 396 g/mol. The minimum absolute atomic E-state index is 0.0426. The Morgan fingerprint density at radius 2 is 2.03 bits per heavy atom. The van der Waals surface area contributed by atoms with Gasteiger partial charge in [-0.15, -0.1) is 0 Å². The average Bonchev–Trinajstić information content (AvgIpc) is 2.96. The lowest BCUT2D eigenvalue weighted by atomic mass is 9.82. The van der Waals surface area contributed by atoms with Crippen LogP contribution in [0.2, 0.25) is 0 Å². The van der Waals surface area contributed by atoms with E-state index in [9.17, 15) is 10.1 Å². The summed E-state index contributed by atoms with van der Waals surface area (Å²) in [6.07, 6.45) is 5.04. The van der Waals surface area contributed by atoms with Crippen molar-refractivity contribution in [1.29, 1.82) is 5.26 Å². The van der Waals surface area contributed by atoms with E-state index in [-0.39, 0.29) is 18.1 Å². The maximum absolute atomic E-state index is 12.7. The summed E-state index contributed by atoms with van der Waals surface area (Å²) in [5, 5.41) is 9.72. The van der Waals surface area contributed by atoms with E-state index in [1.54, 1.807) is 13.8 Å². The van der Waals surface area contributed by atoms with Gasteiger partial charge in [0, 0.05) is 6.54 Å². The molecule has 1 aromatic carbocycles. The van der Waals surface area contributed by atoms with Crippen molar-refractivity contribution in [3.63, 3.8) is 0 Å². The number of rotatable bonds is 5. The predicted molar refractivity (Wildman–Crippen MR) is 110 cm³/mol. The van der Waals surface area contributed by atoms with Crippen LogP contribution in [0.1, 0.15) is 56.6 Å². The first kappa shape index (κ1) is 20.9. The molecule has 0 radical (unpaired) electrons. The zero-order valence-corrected chi connectivity index (χ0v) is 17.2. The van der Waals surface area contributed by atoms with Crippen molar-refractivity contribution < 1.29 is 14.3 Å². The third-order valence-electron chi connectivity index (χ3n) is 5.49. The molecule has 1 saturated heterocycles. The Hall–Kier alpha value is -2.78. The third-order valence-corrected chi connectivity index (χ3v) is 5.49. The van der Waals surface area contributed by atoms with Crippen molar-refractivity contribution in [2.45, 2.75) is 52.0 Å². The second kappa shape index (κ2) is 9.62. The lowest BCUT2D eigenvalue weighted by Gasteiger charge is -2.27. The van der Waals surface area contributed by atoms with Crippen LogP contribution < -0.4 is 5.73 Å². The number of hydrogen-bond acceptors (Lipinski definition) is 6. The normalized spacial score (nSPS) is 20.7. The second-order valence-corrected chi connectivity index (χ2v) is 7.55. The molecule has 154 valence electrons. The lowest BCUT2D eigenvalue weighted by Crippen LogP contribution is -2.26. The van der Waals surface area contributed by atoms with Gasteiger partial charge in [-0.25, -0.2) is 4.79 Å². The molecule has 0 spiro atoms. The first-order valence-electron chi connectivity index (χ1n) is 10.3. The second-order valence-electron chi connectivity index (χ2n) is 7.55. The fourth-order valence-electron chi connectivity index (χ4n) is 4.11. The molecule has 6 nitrogen and oxygen atoms in total. The van der Waals surface area contributed by atoms with E-state index in [2.05, 4.69) is 23.1 Å². The van der Waals surface area contributed by atoms with Crippen LogP contribution in [0.3, 0.4) is 0 Å². The van der Waals surface area contributed by atoms with Crippen LogP contribution in [-0.2, 0) is 20.8 Å². The van der Waals surface area contributed by atoms with Gasteiger partial charge >= 0.3 is 5.97 Å². The molecule has 0 saturated carbocycles. The summed E-state index contributed by atoms with van der Waals surface area (Å²) in [5.74, 6) is -0.645. The number of nitrogens with zero attached hydrogens (tertiary/aromatic N) is 2. The molecule has 1 atom stereocenters. The van der Waals surface area contributed by atoms with E-state index < -0.39 is 11.9 Å². The summed E-state index contributed by atoms with van der Waals surface area (Å²) >= 11 is 0. The molecule has 1 aromatic rings. The molecule has 2 aliphatic rings. The number of carbonyl (C=O) groups is 1. The molecular formula is C23H29N3O3. The Balaban J connectivity index is 1.95. The number of hydrogen-bond donors (Lipinski definition) is 1. The Kier molecular flexibility index (Phi) is 6.95. The molecule has 2 aliphatic heterocycles. The van der Waals surface area contributed by atoms with Gasteiger partial charge in [-0.1, -0.05) is 37.1 Å². The minimum atomic E-state index is -0.586. The van der Waals surface area contributed by atoms with Gasteiger partial charge in [0.25, 0.3) is 0 Å². The molecule has 0 bridgehead atoms. The van der Waals surface area contributed by atoms with E-state index in [4.69, 9.17) is 15.2 Å². The van der Waals surface area contributed by atoms with Crippen LogP contribution in [0.4, 0.5) is 0 Å². The van der Waals surface area contributed by atoms with Crippen LogP contribution in [0, 0.1) is 11.3 Å². The van der Waals surface area contributed by atoms with Crippen LogP contribution in [0.15, 0.2) is 47.1 Å². The van der Waals surface area contributed by atoms with Gasteiger partial charge in [-0.05, 0) is 50.9 Å². The van der Waals surface area contributed by atoms with Gasteiger partial charge in [-0.2, -0.15) is 5.26 Å². The summed E-state index contributed by atoms with van der Waals surface area (Å²) in [7, 11) is 0. The molecular weight excluding hydrogens is 366 g/mol. The predicted octanol–water partition coefficient (Wildman–Crippen LogP) is 3.71. The van der Waals surface area contributed by atoms with Crippen molar-refractivity contribution in [3.05, 3.63) is 58.2 Å². The molecule has 3 rings (SSSR count). The number of carbonyl (C=O) groups excluding carboxylic acids is 1. The Morgan fingerprint density at radius 3 is 2.69 bits per heavy atom. The highest BCUT2D eigenvalue weighted by Gasteiger charge is 2.36. The SMILES string of the molecule is CCOC(=O)C1=C(C)OC(N)=C(C#N)C1c1cccc(CN2CCCCCC2)c1. The molecule has 2 heterocycles. The standard InChI is InChI=1S/C23H29N3O3/c1-3-28-23(27)20-16(2)29-22(25)19(14-24)21(20)18-10-8-9-17(13-18)15-26-11-6-4-5-7-12-26/h8-10,13,21H,3-7,11-12,15,25H2,1-2H3. The molecule has 0 amide bonds. The number of nitrogens with two attached hydrogens (primary N) is 1. The molecule has 1 unspecified atom stereocenters. The first-order valence-corrected chi connectivity index (χ1v) is 10.3. The summed E-state index contributed by atoms with van der Waals surface area (Å²) in [5.41, 5.74) is 8.58. The lowest BCUT2D eigenvalue weighted by molar-refractivity contribution is -0.139. The van der Waals surface area contributed by atoms with Gasteiger partial charge in [0.2, 0.25) is 5.88 Å². The Morgan fingerprint density at radius 1 is 1.31 bits per heavy atom. The van der Waals surface area contributed by atoms with Gasteiger partial charge in [0.15, 0.2) is 0 Å². The third kappa shape index (κ3) is 4.80. The monoisotopic (exact) mass is 395 g/mol. The fourth-order valence-corrected chi connectivity index (χ4v) is 4.11. The topological polar surface area (TPSA) is 88.6 Å². The summed E-state index contributed by atoms with van der Waals surface area (Å²) in [6.45, 7) is 6.74. The van der Waals surface area contributed by atoms with Crippen molar-refractivity contribution in [2.24, 2.45) is 5.73 Å². The van der Waals surface area contributed by atoms with Crippen molar-refractivity contribution in [2.75, 3.05) is 19.7 Å². The minimum Gasteiger partial charge on any atom is -0.463 e. The highest BCUT2D eigenvalue weighted by Crippen LogP contribution is 2.39. The number of ether oxygens (including phenoxy) is 2. The van der Waals surface area contributed by atoms with Gasteiger partial charge in [0.05, 0.1) is 18.1 Å². The van der Waals surface area contributed by atoms with Crippen LogP contribution in [0.5, 0.6) is 0 Å². The highest BCUT2D eigenvalue weighted by atomic mass is 16.5. The zero-order valence-electron chi connectivity index (χ0n) is 17.2. The molecule has 0 aromatic heterocycles. The van der Waals surface area contributed by atoms with E-state index in [0.29, 0.717) is 11.3 Å². The summed E-state index contributed by atoms with van der Waals surface area (Å²) < 4.78 is 10.7. The summed E-state index contributed by atoms with van der Waals surface area (Å²) in [6, 6.07) is 10.2. The van der Waals surface area contributed by atoms with E-state index in [0.717, 1.165) is 30.8 Å². The van der Waals surface area contributed by atoms with Crippen molar-refractivity contribution >= 4 is 5.97 Å². The maximum atomic E-state index is 12.7. The summed E-state index contributed by atoms with van der Waals surface area (Å²) in [4.78, 5) is 15.1. The van der Waals surface area contributed by atoms with Crippen LogP contribution >= 0.6 is 0 Å². The van der Waals surface area contributed by atoms with Crippen LogP contribution in [-0.4, -0.2) is 30.6 Å². The largest absolute Gasteiger partial charge is 0.463 e. The van der Waals surface area contributed by atoms with Gasteiger partial charge in [0.1, 0.15) is 17.4 Å². The van der Waals surface area contributed by atoms with Crippen molar-refractivity contribution in [3.8, 4) is 6.07 Å². The smallest absolute Gasteiger partial charge is 0.338 e. The quantitative estimate of drug-likeness (QED) is 0.765. The Bertz CT molecular complexity index is 858. The zero-order chi connectivity index (χ0) is 20.8. The first-order chi connectivity index (χ1) is 14.0. The molecule has 1 fully saturated rings. The van der Waals surface area contributed by atoms with E-state index in [1.165, 1.54) is 25.7 Å².